The number of piperidine rings is 1. The predicted octanol–water partition coefficient (Wildman–Crippen LogP) is 3.32. The Balaban J connectivity index is 1.12. The lowest BCUT2D eigenvalue weighted by Crippen LogP contribution is -2.38. The number of nitrogens with zero attached hydrogens (tertiary/aromatic N) is 3. The van der Waals surface area contributed by atoms with Crippen LogP contribution >= 0.6 is 0 Å². The second kappa shape index (κ2) is 8.34. The number of aryl methyl sites for hydroxylation is 1. The number of imidazole rings is 1. The van der Waals surface area contributed by atoms with Gasteiger partial charge in [-0.3, -0.25) is 14.0 Å². The first-order valence-corrected chi connectivity index (χ1v) is 11.0. The van der Waals surface area contributed by atoms with Crippen LogP contribution < -0.4 is 10.1 Å². The van der Waals surface area contributed by atoms with Gasteiger partial charge in [0.2, 0.25) is 5.91 Å². The second-order valence-electron chi connectivity index (χ2n) is 8.80. The van der Waals surface area contributed by atoms with Gasteiger partial charge in [-0.15, -0.1) is 0 Å². The Labute approximate surface area is 193 Å². The number of hydrogen-bond acceptors (Lipinski definition) is 4. The second-order valence-corrected chi connectivity index (χ2v) is 8.80. The molecule has 178 valence electrons. The maximum absolute atomic E-state index is 13.2. The minimum atomic E-state index is -4.55. The number of alkyl halides is 3. The summed E-state index contributed by atoms with van der Waals surface area (Å²) in [5.74, 6) is 0.507. The highest BCUT2D eigenvalue weighted by Gasteiger charge is 2.57. The lowest BCUT2D eigenvalue weighted by molar-refractivity contribution is -0.142. The van der Waals surface area contributed by atoms with Crippen LogP contribution in [0.25, 0.3) is 5.65 Å². The SMILES string of the molecule is Cc1ccc(OCCC(=O)N2C[C@@H]3C(NC(=O)c4cn5c(C(F)(F)F)cccc5n4)[C@H]3C2)cc1. The van der Waals surface area contributed by atoms with Crippen LogP contribution in [0.5, 0.6) is 5.75 Å². The normalized spacial score (nSPS) is 21.4. The van der Waals surface area contributed by atoms with Gasteiger partial charge in [0.15, 0.2) is 0 Å². The molecule has 1 aliphatic carbocycles. The van der Waals surface area contributed by atoms with Crippen molar-refractivity contribution in [2.24, 2.45) is 11.8 Å². The molecule has 1 saturated heterocycles. The van der Waals surface area contributed by atoms with Crippen molar-refractivity contribution in [2.75, 3.05) is 19.7 Å². The van der Waals surface area contributed by atoms with Crippen molar-refractivity contribution < 1.29 is 27.5 Å². The van der Waals surface area contributed by atoms with Crippen molar-refractivity contribution >= 4 is 17.5 Å². The number of amides is 2. The zero-order chi connectivity index (χ0) is 24.0. The third-order valence-electron chi connectivity index (χ3n) is 6.47. The molecule has 0 spiro atoms. The molecule has 1 aliphatic heterocycles. The van der Waals surface area contributed by atoms with Crippen molar-refractivity contribution in [3.8, 4) is 5.75 Å². The Hall–Kier alpha value is -3.56. The van der Waals surface area contributed by atoms with E-state index < -0.39 is 17.8 Å². The number of benzene rings is 1. The minimum absolute atomic E-state index is 0.00409. The first-order chi connectivity index (χ1) is 16.2. The molecule has 2 amide bonds. The van der Waals surface area contributed by atoms with Crippen LogP contribution in [0.15, 0.2) is 48.7 Å². The number of nitrogens with one attached hydrogen (secondary N) is 1. The monoisotopic (exact) mass is 472 g/mol. The fourth-order valence-electron chi connectivity index (χ4n) is 4.57. The molecule has 0 bridgehead atoms. The molecular formula is C24H23F3N4O3. The Morgan fingerprint density at radius 3 is 2.50 bits per heavy atom. The van der Waals surface area contributed by atoms with Crippen molar-refractivity contribution in [3.63, 3.8) is 0 Å². The number of pyridine rings is 1. The molecule has 2 fully saturated rings. The van der Waals surface area contributed by atoms with Crippen molar-refractivity contribution in [3.05, 3.63) is 65.6 Å². The average molecular weight is 472 g/mol. The van der Waals surface area contributed by atoms with E-state index in [4.69, 9.17) is 4.74 Å². The molecule has 3 heterocycles. The number of rotatable bonds is 6. The van der Waals surface area contributed by atoms with Crippen molar-refractivity contribution in [2.45, 2.75) is 25.6 Å². The lowest BCUT2D eigenvalue weighted by Gasteiger charge is -2.20. The number of hydrogen-bond donors (Lipinski definition) is 1. The summed E-state index contributed by atoms with van der Waals surface area (Å²) in [6, 6.07) is 11.1. The molecule has 2 aromatic heterocycles. The van der Waals surface area contributed by atoms with Crippen LogP contribution in [-0.4, -0.2) is 51.8 Å². The number of carbonyl (C=O) groups is 2. The average Bonchev–Trinajstić information content (AvgIpc) is 3.15. The summed E-state index contributed by atoms with van der Waals surface area (Å²) in [6.07, 6.45) is -3.18. The topological polar surface area (TPSA) is 75.9 Å². The van der Waals surface area contributed by atoms with Crippen LogP contribution in [-0.2, 0) is 11.0 Å². The molecule has 2 aliphatic rings. The summed E-state index contributed by atoms with van der Waals surface area (Å²) in [4.78, 5) is 30.9. The molecule has 7 nitrogen and oxygen atoms in total. The quantitative estimate of drug-likeness (QED) is 0.597. The fourth-order valence-corrected chi connectivity index (χ4v) is 4.57. The number of carbonyl (C=O) groups excluding carboxylic acids is 2. The van der Waals surface area contributed by atoms with Gasteiger partial charge in [0.25, 0.3) is 5.91 Å². The highest BCUT2D eigenvalue weighted by atomic mass is 19.4. The van der Waals surface area contributed by atoms with E-state index in [0.717, 1.165) is 28.0 Å². The number of aromatic nitrogens is 2. The van der Waals surface area contributed by atoms with Crippen LogP contribution in [0.1, 0.15) is 28.2 Å². The first kappa shape index (κ1) is 22.2. The summed E-state index contributed by atoms with van der Waals surface area (Å²) in [5.41, 5.74) is 0.234. The number of halogens is 3. The van der Waals surface area contributed by atoms with Gasteiger partial charge in [0, 0.05) is 37.2 Å². The van der Waals surface area contributed by atoms with Crippen LogP contribution in [0, 0.1) is 18.8 Å². The third-order valence-corrected chi connectivity index (χ3v) is 6.47. The molecule has 34 heavy (non-hydrogen) atoms. The Morgan fingerprint density at radius 2 is 1.82 bits per heavy atom. The molecule has 1 saturated carbocycles. The smallest absolute Gasteiger partial charge is 0.431 e. The van der Waals surface area contributed by atoms with Gasteiger partial charge < -0.3 is 15.0 Å². The molecule has 2 atom stereocenters. The van der Waals surface area contributed by atoms with Crippen LogP contribution in [0.2, 0.25) is 0 Å². The summed E-state index contributed by atoms with van der Waals surface area (Å²) < 4.78 is 46.1. The highest BCUT2D eigenvalue weighted by molar-refractivity contribution is 5.93. The van der Waals surface area contributed by atoms with Gasteiger partial charge in [-0.2, -0.15) is 13.2 Å². The number of fused-ring (bicyclic) bond motifs is 2. The molecule has 0 radical (unpaired) electrons. The van der Waals surface area contributed by atoms with Crippen molar-refractivity contribution in [1.82, 2.24) is 19.6 Å². The van der Waals surface area contributed by atoms with E-state index in [9.17, 15) is 22.8 Å². The summed E-state index contributed by atoms with van der Waals surface area (Å²) in [7, 11) is 0. The first-order valence-electron chi connectivity index (χ1n) is 11.0. The Kier molecular flexibility index (Phi) is 5.45. The zero-order valence-electron chi connectivity index (χ0n) is 18.4. The van der Waals surface area contributed by atoms with Crippen molar-refractivity contribution in [1.29, 1.82) is 0 Å². The van der Waals surface area contributed by atoms with E-state index in [1.165, 1.54) is 12.1 Å². The standard InChI is InChI=1S/C24H23F3N4O3/c1-14-5-7-15(8-6-14)34-10-9-21(32)30-11-16-17(12-30)22(16)29-23(33)18-13-31-19(24(25,26)27)3-2-4-20(31)28-18/h2-8,13,16-17,22H,9-12H2,1H3,(H,29,33)/t16-,17-/m0/s1. The molecule has 3 aromatic rings. The van der Waals surface area contributed by atoms with Gasteiger partial charge in [0.1, 0.15) is 22.8 Å². The third kappa shape index (κ3) is 4.32. The van der Waals surface area contributed by atoms with Gasteiger partial charge in [-0.25, -0.2) is 4.98 Å². The largest absolute Gasteiger partial charge is 0.493 e. The van der Waals surface area contributed by atoms with E-state index in [-0.39, 0.29) is 41.5 Å². The van der Waals surface area contributed by atoms with E-state index in [1.54, 1.807) is 4.90 Å². The number of likely N-dealkylation sites (tertiary alicyclic amines) is 1. The molecule has 10 heteroatoms. The van der Waals surface area contributed by atoms with Gasteiger partial charge >= 0.3 is 6.18 Å². The van der Waals surface area contributed by atoms with E-state index >= 15 is 0 Å². The van der Waals surface area contributed by atoms with Crippen LogP contribution in [0.3, 0.4) is 0 Å². The number of ether oxygens (including phenoxy) is 1. The summed E-state index contributed by atoms with van der Waals surface area (Å²) in [6.45, 7) is 3.37. The lowest BCUT2D eigenvalue weighted by atomic mass is 10.2. The van der Waals surface area contributed by atoms with Crippen LogP contribution in [0.4, 0.5) is 13.2 Å². The fraction of sp³-hybridized carbons (Fsp3) is 0.375. The van der Waals surface area contributed by atoms with E-state index in [1.807, 2.05) is 31.2 Å². The highest BCUT2D eigenvalue weighted by Crippen LogP contribution is 2.45. The van der Waals surface area contributed by atoms with Gasteiger partial charge in [-0.05, 0) is 31.2 Å². The Bertz CT molecular complexity index is 1230. The van der Waals surface area contributed by atoms with Gasteiger partial charge in [-0.1, -0.05) is 23.8 Å². The molecular weight excluding hydrogens is 449 g/mol. The maximum atomic E-state index is 13.2. The van der Waals surface area contributed by atoms with Gasteiger partial charge in [0.05, 0.1) is 13.0 Å². The Morgan fingerprint density at radius 1 is 1.12 bits per heavy atom. The molecule has 0 unspecified atom stereocenters. The molecule has 1 aromatic carbocycles. The minimum Gasteiger partial charge on any atom is -0.493 e. The summed E-state index contributed by atoms with van der Waals surface area (Å²) in [5, 5.41) is 2.86. The molecule has 5 rings (SSSR count). The maximum Gasteiger partial charge on any atom is 0.431 e. The zero-order valence-corrected chi connectivity index (χ0v) is 18.4. The van der Waals surface area contributed by atoms with E-state index in [0.29, 0.717) is 19.7 Å². The van der Waals surface area contributed by atoms with E-state index in [2.05, 4.69) is 10.3 Å². The predicted molar refractivity (Wildman–Crippen MR) is 116 cm³/mol. The molecule has 1 N–H and O–H groups in total. The summed E-state index contributed by atoms with van der Waals surface area (Å²) >= 11 is 0.